The van der Waals surface area contributed by atoms with Gasteiger partial charge in [0.05, 0.1) is 17.9 Å². The van der Waals surface area contributed by atoms with Gasteiger partial charge in [-0.3, -0.25) is 4.79 Å². The molecule has 4 nitrogen and oxygen atoms in total. The number of nitrogens with zero attached hydrogens (tertiary/aromatic N) is 1. The molecule has 2 N–H and O–H groups in total. The second kappa shape index (κ2) is 6.40. The van der Waals surface area contributed by atoms with Crippen molar-refractivity contribution >= 4 is 17.3 Å². The van der Waals surface area contributed by atoms with Crippen molar-refractivity contribution in [3.63, 3.8) is 0 Å². The number of nitrogens with one attached hydrogen (secondary N) is 2. The highest BCUT2D eigenvalue weighted by atomic mass is 16.1. The number of likely N-dealkylation sites (N-methyl/N-ethyl adjacent to an activating group) is 1. The maximum Gasteiger partial charge on any atom is 0.238 e. The number of amides is 1. The summed E-state index contributed by atoms with van der Waals surface area (Å²) < 4.78 is 0. The summed E-state index contributed by atoms with van der Waals surface area (Å²) >= 11 is 0. The summed E-state index contributed by atoms with van der Waals surface area (Å²) in [6.45, 7) is 2.51. The van der Waals surface area contributed by atoms with E-state index in [4.69, 9.17) is 0 Å². The number of rotatable bonds is 4. The van der Waals surface area contributed by atoms with Crippen LogP contribution >= 0.6 is 0 Å². The lowest BCUT2D eigenvalue weighted by atomic mass is 10.1. The molecule has 0 spiro atoms. The third-order valence-electron chi connectivity index (χ3n) is 3.21. The molecule has 98 valence electrons. The van der Waals surface area contributed by atoms with Crippen LogP contribution in [0, 0.1) is 0 Å². The molecule has 1 fully saturated rings. The Morgan fingerprint density at radius 3 is 2.67 bits per heavy atom. The molecule has 0 bridgehead atoms. The molecule has 0 aromatic heterocycles. The summed E-state index contributed by atoms with van der Waals surface area (Å²) in [5.74, 6) is 0.00181. The fraction of sp³-hybridized carbons (Fsp3) is 0.500. The summed E-state index contributed by atoms with van der Waals surface area (Å²) in [4.78, 5) is 14.0. The Bertz CT molecular complexity index is 400. The van der Waals surface area contributed by atoms with E-state index in [1.54, 1.807) is 7.05 Å². The van der Waals surface area contributed by atoms with E-state index < -0.39 is 0 Å². The average Bonchev–Trinajstić information content (AvgIpc) is 2.40. The number of piperidine rings is 1. The van der Waals surface area contributed by atoms with E-state index in [2.05, 4.69) is 21.6 Å². The zero-order valence-corrected chi connectivity index (χ0v) is 10.9. The van der Waals surface area contributed by atoms with E-state index in [1.165, 1.54) is 19.3 Å². The van der Waals surface area contributed by atoms with Crippen LogP contribution in [-0.4, -0.2) is 32.6 Å². The van der Waals surface area contributed by atoms with Gasteiger partial charge in [0.2, 0.25) is 5.91 Å². The number of para-hydroxylation sites is 2. The Morgan fingerprint density at radius 1 is 1.22 bits per heavy atom. The Hall–Kier alpha value is -1.55. The maximum absolute atomic E-state index is 11.7. The molecule has 1 amide bonds. The first-order valence-electron chi connectivity index (χ1n) is 6.59. The van der Waals surface area contributed by atoms with Crippen LogP contribution in [0.4, 0.5) is 11.4 Å². The molecular weight excluding hydrogens is 226 g/mol. The summed E-state index contributed by atoms with van der Waals surface area (Å²) in [6, 6.07) is 8.04. The van der Waals surface area contributed by atoms with Gasteiger partial charge in [-0.15, -0.1) is 0 Å². The van der Waals surface area contributed by atoms with E-state index in [-0.39, 0.29) is 5.91 Å². The molecule has 0 radical (unpaired) electrons. The lowest BCUT2D eigenvalue weighted by Gasteiger charge is -2.30. The number of hydrogen-bond donors (Lipinski definition) is 2. The fourth-order valence-corrected chi connectivity index (χ4v) is 2.34. The fourth-order valence-electron chi connectivity index (χ4n) is 2.34. The van der Waals surface area contributed by atoms with Crippen molar-refractivity contribution in [1.29, 1.82) is 0 Å². The highest BCUT2D eigenvalue weighted by molar-refractivity contribution is 5.95. The molecule has 0 aliphatic carbocycles. The summed E-state index contributed by atoms with van der Waals surface area (Å²) in [6.07, 6.45) is 3.78. The minimum absolute atomic E-state index is 0.00181. The Kier molecular flexibility index (Phi) is 4.59. The second-order valence-corrected chi connectivity index (χ2v) is 4.64. The van der Waals surface area contributed by atoms with Crippen molar-refractivity contribution in [1.82, 2.24) is 5.32 Å². The predicted molar refractivity (Wildman–Crippen MR) is 75.1 cm³/mol. The van der Waals surface area contributed by atoms with Gasteiger partial charge >= 0.3 is 0 Å². The van der Waals surface area contributed by atoms with Gasteiger partial charge in [0.15, 0.2) is 0 Å². The highest BCUT2D eigenvalue weighted by Crippen LogP contribution is 2.27. The van der Waals surface area contributed by atoms with E-state index in [0.717, 1.165) is 24.5 Å². The van der Waals surface area contributed by atoms with Crippen LogP contribution in [0.25, 0.3) is 0 Å². The van der Waals surface area contributed by atoms with Gasteiger partial charge in [-0.25, -0.2) is 0 Å². The molecule has 2 rings (SSSR count). The molecule has 18 heavy (non-hydrogen) atoms. The molecule has 0 saturated carbocycles. The van der Waals surface area contributed by atoms with Crippen molar-refractivity contribution < 1.29 is 4.79 Å². The van der Waals surface area contributed by atoms with Gasteiger partial charge in [0, 0.05) is 13.1 Å². The predicted octanol–water partition coefficient (Wildman–Crippen LogP) is 1.83. The van der Waals surface area contributed by atoms with Crippen molar-refractivity contribution in [3.05, 3.63) is 24.3 Å². The lowest BCUT2D eigenvalue weighted by Crippen LogP contribution is -2.31. The Balaban J connectivity index is 2.11. The van der Waals surface area contributed by atoms with Gasteiger partial charge in [-0.1, -0.05) is 12.1 Å². The number of carbonyl (C=O) groups is 1. The molecule has 0 atom stereocenters. The number of benzene rings is 1. The van der Waals surface area contributed by atoms with Crippen LogP contribution in [0.2, 0.25) is 0 Å². The molecule has 1 aliphatic heterocycles. The Morgan fingerprint density at radius 2 is 1.94 bits per heavy atom. The average molecular weight is 247 g/mol. The molecule has 1 aliphatic rings. The SMILES string of the molecule is CNCC(=O)Nc1ccccc1N1CCCCC1. The lowest BCUT2D eigenvalue weighted by molar-refractivity contribution is -0.115. The molecule has 0 unspecified atom stereocenters. The van der Waals surface area contributed by atoms with Crippen LogP contribution in [0.3, 0.4) is 0 Å². The molecule has 1 aromatic carbocycles. The second-order valence-electron chi connectivity index (χ2n) is 4.64. The number of carbonyl (C=O) groups excluding carboxylic acids is 1. The molecular formula is C14H21N3O. The van der Waals surface area contributed by atoms with Gasteiger partial charge in [0.1, 0.15) is 0 Å². The molecule has 1 heterocycles. The van der Waals surface area contributed by atoms with E-state index >= 15 is 0 Å². The van der Waals surface area contributed by atoms with Crippen LogP contribution in [0.15, 0.2) is 24.3 Å². The zero-order chi connectivity index (χ0) is 12.8. The smallest absolute Gasteiger partial charge is 0.238 e. The van der Waals surface area contributed by atoms with Gasteiger partial charge < -0.3 is 15.5 Å². The van der Waals surface area contributed by atoms with Crippen molar-refractivity contribution in [3.8, 4) is 0 Å². The van der Waals surface area contributed by atoms with E-state index in [0.29, 0.717) is 6.54 Å². The van der Waals surface area contributed by atoms with Crippen molar-refractivity contribution in [2.75, 3.05) is 36.9 Å². The summed E-state index contributed by atoms with van der Waals surface area (Å²) in [5, 5.41) is 5.83. The van der Waals surface area contributed by atoms with E-state index in [1.807, 2.05) is 18.2 Å². The van der Waals surface area contributed by atoms with Crippen LogP contribution < -0.4 is 15.5 Å². The first-order valence-corrected chi connectivity index (χ1v) is 6.59. The highest BCUT2D eigenvalue weighted by Gasteiger charge is 2.14. The van der Waals surface area contributed by atoms with Crippen LogP contribution in [0.1, 0.15) is 19.3 Å². The van der Waals surface area contributed by atoms with Crippen molar-refractivity contribution in [2.45, 2.75) is 19.3 Å². The third kappa shape index (κ3) is 3.23. The van der Waals surface area contributed by atoms with Crippen molar-refractivity contribution in [2.24, 2.45) is 0 Å². The third-order valence-corrected chi connectivity index (χ3v) is 3.21. The minimum Gasteiger partial charge on any atom is -0.370 e. The molecule has 4 heteroatoms. The summed E-state index contributed by atoms with van der Waals surface area (Å²) in [5.41, 5.74) is 2.06. The monoisotopic (exact) mass is 247 g/mol. The number of hydrogen-bond acceptors (Lipinski definition) is 3. The van der Waals surface area contributed by atoms with Crippen LogP contribution in [-0.2, 0) is 4.79 Å². The van der Waals surface area contributed by atoms with Gasteiger partial charge in [-0.2, -0.15) is 0 Å². The van der Waals surface area contributed by atoms with Gasteiger partial charge in [-0.05, 0) is 38.4 Å². The first-order chi connectivity index (χ1) is 8.81. The van der Waals surface area contributed by atoms with Crippen LogP contribution in [0.5, 0.6) is 0 Å². The normalized spacial score (nSPS) is 15.5. The maximum atomic E-state index is 11.7. The van der Waals surface area contributed by atoms with E-state index in [9.17, 15) is 4.79 Å². The quantitative estimate of drug-likeness (QED) is 0.853. The minimum atomic E-state index is 0.00181. The largest absolute Gasteiger partial charge is 0.370 e. The standard InChI is InChI=1S/C14H21N3O/c1-15-11-14(18)16-12-7-3-4-8-13(12)17-9-5-2-6-10-17/h3-4,7-8,15H,2,5-6,9-11H2,1H3,(H,16,18). The Labute approximate surface area is 108 Å². The molecule has 1 aromatic rings. The molecule has 1 saturated heterocycles. The summed E-state index contributed by atoms with van der Waals surface area (Å²) in [7, 11) is 1.77. The zero-order valence-electron chi connectivity index (χ0n) is 10.9. The topological polar surface area (TPSA) is 44.4 Å². The van der Waals surface area contributed by atoms with Gasteiger partial charge in [0.25, 0.3) is 0 Å². The first kappa shape index (κ1) is 12.9. The number of anilines is 2.